The highest BCUT2D eigenvalue weighted by Gasteiger charge is 2.29. The van der Waals surface area contributed by atoms with E-state index in [2.05, 4.69) is 10.7 Å². The lowest BCUT2D eigenvalue weighted by Crippen LogP contribution is -2.38. The molecule has 1 aliphatic heterocycles. The van der Waals surface area contributed by atoms with Crippen molar-refractivity contribution in [1.29, 1.82) is 0 Å². The highest BCUT2D eigenvalue weighted by molar-refractivity contribution is 7.09. The van der Waals surface area contributed by atoms with E-state index in [4.69, 9.17) is 4.98 Å². The number of nitrogens with one attached hydrogen (secondary N) is 1. The number of hydrogen-bond acceptors (Lipinski definition) is 5. The number of thiazole rings is 1. The molecule has 1 N–H and O–H groups in total. The monoisotopic (exact) mass is 389 g/mol. The number of carbonyl (C=O) groups excluding carboxylic acids is 2. The molecule has 1 saturated heterocycles. The van der Waals surface area contributed by atoms with Gasteiger partial charge in [-0.15, -0.1) is 11.3 Å². The van der Waals surface area contributed by atoms with Crippen LogP contribution < -0.4 is 5.32 Å². The molecule has 0 radical (unpaired) electrons. The van der Waals surface area contributed by atoms with Crippen molar-refractivity contribution in [3.8, 4) is 0 Å². The number of likely N-dealkylation sites (tertiary alicyclic amines) is 1. The predicted octanol–water partition coefficient (Wildman–Crippen LogP) is 3.29. The lowest BCUT2D eigenvalue weighted by molar-refractivity contribution is -0.122. The average molecular weight is 390 g/mol. The van der Waals surface area contributed by atoms with Gasteiger partial charge >= 0.3 is 0 Å². The maximum Gasteiger partial charge on any atom is 0.254 e. The first kappa shape index (κ1) is 17.7. The Morgan fingerprint density at radius 2 is 2.15 bits per heavy atom. The van der Waals surface area contributed by atoms with Crippen LogP contribution in [0.2, 0.25) is 0 Å². The molecule has 2 aromatic heterocycles. The molecule has 138 valence electrons. The van der Waals surface area contributed by atoms with Crippen LogP contribution in [0.4, 0.5) is 0 Å². The third kappa shape index (κ3) is 4.15. The first-order chi connectivity index (χ1) is 12.7. The van der Waals surface area contributed by atoms with Crippen LogP contribution in [0.5, 0.6) is 0 Å². The average Bonchev–Trinajstić information content (AvgIpc) is 3.18. The van der Waals surface area contributed by atoms with E-state index in [1.807, 2.05) is 21.7 Å². The van der Waals surface area contributed by atoms with Crippen molar-refractivity contribution in [2.75, 3.05) is 19.6 Å². The van der Waals surface area contributed by atoms with Crippen LogP contribution >= 0.6 is 22.7 Å². The predicted molar refractivity (Wildman–Crippen MR) is 104 cm³/mol. The summed E-state index contributed by atoms with van der Waals surface area (Å²) >= 11 is 3.24. The van der Waals surface area contributed by atoms with Gasteiger partial charge in [0.1, 0.15) is 0 Å². The highest BCUT2D eigenvalue weighted by Crippen LogP contribution is 2.30. The van der Waals surface area contributed by atoms with Gasteiger partial charge in [0.05, 0.1) is 16.3 Å². The Morgan fingerprint density at radius 3 is 2.92 bits per heavy atom. The zero-order valence-electron chi connectivity index (χ0n) is 14.6. The standard InChI is InChI=1S/C19H23N3O2S2/c23-17(13-3-4-13)20-7-5-16-12-26-18(21-16)14-2-1-8-22(10-14)19(24)15-6-9-25-11-15/h6,9,11-14H,1-5,7-8,10H2,(H,20,23). The number of amides is 2. The first-order valence-corrected chi connectivity index (χ1v) is 11.1. The second-order valence-corrected chi connectivity index (χ2v) is 8.76. The van der Waals surface area contributed by atoms with E-state index >= 15 is 0 Å². The number of rotatable bonds is 6. The highest BCUT2D eigenvalue weighted by atomic mass is 32.1. The van der Waals surface area contributed by atoms with Gasteiger partial charge in [-0.05, 0) is 37.1 Å². The van der Waals surface area contributed by atoms with Crippen LogP contribution in [0.25, 0.3) is 0 Å². The van der Waals surface area contributed by atoms with E-state index in [0.29, 0.717) is 12.5 Å². The van der Waals surface area contributed by atoms with Crippen molar-refractivity contribution in [3.63, 3.8) is 0 Å². The van der Waals surface area contributed by atoms with Crippen molar-refractivity contribution >= 4 is 34.5 Å². The van der Waals surface area contributed by atoms with Crippen molar-refractivity contribution < 1.29 is 9.59 Å². The molecule has 0 bridgehead atoms. The van der Waals surface area contributed by atoms with E-state index in [1.165, 1.54) is 0 Å². The molecule has 4 rings (SSSR count). The molecule has 2 aromatic rings. The number of aromatic nitrogens is 1. The van der Waals surface area contributed by atoms with E-state index in [1.54, 1.807) is 22.7 Å². The van der Waals surface area contributed by atoms with Crippen molar-refractivity contribution in [2.45, 2.75) is 38.0 Å². The summed E-state index contributed by atoms with van der Waals surface area (Å²) in [7, 11) is 0. The molecule has 2 aliphatic rings. The molecular weight excluding hydrogens is 366 g/mol. The fourth-order valence-corrected chi connectivity index (χ4v) is 4.97. The molecule has 1 saturated carbocycles. The number of thiophene rings is 1. The van der Waals surface area contributed by atoms with Crippen LogP contribution in [0.15, 0.2) is 22.2 Å². The summed E-state index contributed by atoms with van der Waals surface area (Å²) in [5.41, 5.74) is 1.84. The Labute approximate surface area is 161 Å². The van der Waals surface area contributed by atoms with Crippen molar-refractivity contribution in [3.05, 3.63) is 38.5 Å². The number of carbonyl (C=O) groups is 2. The summed E-state index contributed by atoms with van der Waals surface area (Å²) in [6, 6.07) is 1.90. The Kier molecular flexibility index (Phi) is 5.36. The van der Waals surface area contributed by atoms with Gasteiger partial charge in [-0.2, -0.15) is 11.3 Å². The molecule has 1 aliphatic carbocycles. The van der Waals surface area contributed by atoms with Crippen LogP contribution in [-0.4, -0.2) is 41.3 Å². The molecule has 5 nitrogen and oxygen atoms in total. The van der Waals surface area contributed by atoms with Crippen LogP contribution in [-0.2, 0) is 11.2 Å². The normalized spacial score (nSPS) is 20.2. The van der Waals surface area contributed by atoms with Gasteiger partial charge in [-0.1, -0.05) is 0 Å². The summed E-state index contributed by atoms with van der Waals surface area (Å²) in [6.07, 6.45) is 4.95. The fourth-order valence-electron chi connectivity index (χ4n) is 3.36. The Hall–Kier alpha value is -1.73. The quantitative estimate of drug-likeness (QED) is 0.825. The third-order valence-corrected chi connectivity index (χ3v) is 6.76. The minimum Gasteiger partial charge on any atom is -0.355 e. The largest absolute Gasteiger partial charge is 0.355 e. The molecular formula is C19H23N3O2S2. The SMILES string of the molecule is O=C(NCCc1csc(C2CCCN(C(=O)c3ccsc3)C2)n1)C1CC1. The maximum atomic E-state index is 12.6. The van der Waals surface area contributed by atoms with Crippen LogP contribution in [0, 0.1) is 5.92 Å². The summed E-state index contributed by atoms with van der Waals surface area (Å²) in [4.78, 5) is 31.0. The molecule has 2 fully saturated rings. The third-order valence-electron chi connectivity index (χ3n) is 5.02. The second-order valence-electron chi connectivity index (χ2n) is 7.09. The van der Waals surface area contributed by atoms with Gasteiger partial charge in [0.15, 0.2) is 0 Å². The topological polar surface area (TPSA) is 62.3 Å². The first-order valence-electron chi connectivity index (χ1n) is 9.24. The molecule has 2 amide bonds. The number of piperidine rings is 1. The van der Waals surface area contributed by atoms with Crippen molar-refractivity contribution in [1.82, 2.24) is 15.2 Å². The Morgan fingerprint density at radius 1 is 1.27 bits per heavy atom. The van der Waals surface area contributed by atoms with Gasteiger partial charge in [0, 0.05) is 48.7 Å². The minimum atomic E-state index is 0.135. The van der Waals surface area contributed by atoms with Gasteiger partial charge in [0.2, 0.25) is 5.91 Å². The Balaban J connectivity index is 1.31. The molecule has 26 heavy (non-hydrogen) atoms. The van der Waals surface area contributed by atoms with Gasteiger partial charge in [-0.25, -0.2) is 4.98 Å². The van der Waals surface area contributed by atoms with E-state index in [9.17, 15) is 9.59 Å². The summed E-state index contributed by atoms with van der Waals surface area (Å²) in [5, 5.41) is 10.1. The number of nitrogens with zero attached hydrogens (tertiary/aromatic N) is 2. The summed E-state index contributed by atoms with van der Waals surface area (Å²) in [5.74, 6) is 0.909. The van der Waals surface area contributed by atoms with Gasteiger partial charge in [0.25, 0.3) is 5.91 Å². The lowest BCUT2D eigenvalue weighted by atomic mass is 9.98. The van der Waals surface area contributed by atoms with Crippen LogP contribution in [0.1, 0.15) is 52.7 Å². The molecule has 3 heterocycles. The summed E-state index contributed by atoms with van der Waals surface area (Å²) < 4.78 is 0. The smallest absolute Gasteiger partial charge is 0.254 e. The molecule has 0 spiro atoms. The van der Waals surface area contributed by atoms with Crippen LogP contribution in [0.3, 0.4) is 0 Å². The van der Waals surface area contributed by atoms with E-state index in [-0.39, 0.29) is 17.7 Å². The van der Waals surface area contributed by atoms with Gasteiger partial charge in [-0.3, -0.25) is 9.59 Å². The minimum absolute atomic E-state index is 0.135. The molecule has 7 heteroatoms. The molecule has 1 unspecified atom stereocenters. The van der Waals surface area contributed by atoms with Crippen molar-refractivity contribution in [2.24, 2.45) is 5.92 Å². The zero-order valence-corrected chi connectivity index (χ0v) is 16.3. The maximum absolute atomic E-state index is 12.6. The molecule has 1 atom stereocenters. The summed E-state index contributed by atoms with van der Waals surface area (Å²) in [6.45, 7) is 2.24. The van der Waals surface area contributed by atoms with Gasteiger partial charge < -0.3 is 10.2 Å². The lowest BCUT2D eigenvalue weighted by Gasteiger charge is -2.31. The molecule has 0 aromatic carbocycles. The number of hydrogen-bond donors (Lipinski definition) is 1. The van der Waals surface area contributed by atoms with E-state index < -0.39 is 0 Å². The fraction of sp³-hybridized carbons (Fsp3) is 0.526. The second kappa shape index (κ2) is 7.88. The Bertz CT molecular complexity index is 768. The van der Waals surface area contributed by atoms with E-state index in [0.717, 1.165) is 61.5 Å². The zero-order chi connectivity index (χ0) is 17.9.